The van der Waals surface area contributed by atoms with Gasteiger partial charge < -0.3 is 19.4 Å². The molecule has 2 rings (SSSR count). The number of methoxy groups -OCH3 is 1. The summed E-state index contributed by atoms with van der Waals surface area (Å²) < 4.78 is 10.4. The molecule has 19 heavy (non-hydrogen) atoms. The van der Waals surface area contributed by atoms with Crippen LogP contribution in [0.2, 0.25) is 0 Å². The minimum Gasteiger partial charge on any atom is -0.495 e. The topological polar surface area (TPSA) is 54.7 Å². The van der Waals surface area contributed by atoms with Crippen molar-refractivity contribution in [3.8, 4) is 5.75 Å². The van der Waals surface area contributed by atoms with E-state index in [2.05, 4.69) is 5.32 Å². The van der Waals surface area contributed by atoms with Crippen molar-refractivity contribution >= 4 is 11.7 Å². The van der Waals surface area contributed by atoms with Crippen LogP contribution in [-0.2, 0) is 6.54 Å². The van der Waals surface area contributed by atoms with Gasteiger partial charge in [-0.25, -0.2) is 4.79 Å². The van der Waals surface area contributed by atoms with Crippen molar-refractivity contribution in [1.82, 2.24) is 4.90 Å². The van der Waals surface area contributed by atoms with Crippen LogP contribution in [0.25, 0.3) is 0 Å². The summed E-state index contributed by atoms with van der Waals surface area (Å²) in [5, 5.41) is 2.79. The zero-order valence-corrected chi connectivity index (χ0v) is 10.9. The fraction of sp³-hybridized carbons (Fsp3) is 0.214. The highest BCUT2D eigenvalue weighted by atomic mass is 16.5. The molecule has 2 amide bonds. The number of carbonyl (C=O) groups excluding carboxylic acids is 1. The molecule has 0 atom stereocenters. The predicted octanol–water partition coefficient (Wildman–Crippen LogP) is 2.95. The van der Waals surface area contributed by atoms with Crippen LogP contribution in [0.1, 0.15) is 5.76 Å². The number of anilines is 1. The molecule has 1 N–H and O–H groups in total. The van der Waals surface area contributed by atoms with Crippen molar-refractivity contribution < 1.29 is 13.9 Å². The molecular formula is C14H16N2O3. The largest absolute Gasteiger partial charge is 0.495 e. The fourth-order valence-corrected chi connectivity index (χ4v) is 1.67. The lowest BCUT2D eigenvalue weighted by molar-refractivity contribution is 0.216. The molecule has 0 fully saturated rings. The van der Waals surface area contributed by atoms with Crippen LogP contribution in [-0.4, -0.2) is 25.1 Å². The second-order valence-electron chi connectivity index (χ2n) is 4.07. The first-order chi connectivity index (χ1) is 9.20. The highest BCUT2D eigenvalue weighted by Crippen LogP contribution is 2.23. The van der Waals surface area contributed by atoms with Gasteiger partial charge in [0, 0.05) is 7.05 Å². The third-order valence-electron chi connectivity index (χ3n) is 2.67. The number of amides is 2. The van der Waals surface area contributed by atoms with E-state index in [9.17, 15) is 4.79 Å². The van der Waals surface area contributed by atoms with E-state index in [1.54, 1.807) is 38.6 Å². The highest BCUT2D eigenvalue weighted by molar-refractivity contribution is 5.90. The maximum Gasteiger partial charge on any atom is 0.322 e. The van der Waals surface area contributed by atoms with Crippen LogP contribution in [0.3, 0.4) is 0 Å². The highest BCUT2D eigenvalue weighted by Gasteiger charge is 2.12. The summed E-state index contributed by atoms with van der Waals surface area (Å²) in [6.07, 6.45) is 1.58. The summed E-state index contributed by atoms with van der Waals surface area (Å²) in [6.45, 7) is 0.411. The van der Waals surface area contributed by atoms with E-state index in [1.165, 1.54) is 4.90 Å². The molecule has 2 aromatic rings. The maximum atomic E-state index is 12.0. The Bertz CT molecular complexity index is 537. The number of carbonyl (C=O) groups is 1. The lowest BCUT2D eigenvalue weighted by Gasteiger charge is -2.17. The van der Waals surface area contributed by atoms with Crippen LogP contribution in [0.15, 0.2) is 47.1 Å². The second kappa shape index (κ2) is 5.95. The van der Waals surface area contributed by atoms with Crippen molar-refractivity contribution in [1.29, 1.82) is 0 Å². The molecule has 0 unspecified atom stereocenters. The Hall–Kier alpha value is -2.43. The van der Waals surface area contributed by atoms with E-state index in [0.717, 1.165) is 5.76 Å². The molecular weight excluding hydrogens is 244 g/mol. The molecule has 5 nitrogen and oxygen atoms in total. The van der Waals surface area contributed by atoms with Gasteiger partial charge in [0.2, 0.25) is 0 Å². The Morgan fingerprint density at radius 2 is 2.11 bits per heavy atom. The molecule has 0 spiro atoms. The SMILES string of the molecule is COc1ccccc1NC(=O)N(C)Cc1ccco1. The summed E-state index contributed by atoms with van der Waals surface area (Å²) in [5.41, 5.74) is 0.640. The number of rotatable bonds is 4. The quantitative estimate of drug-likeness (QED) is 0.919. The third-order valence-corrected chi connectivity index (χ3v) is 2.67. The monoisotopic (exact) mass is 260 g/mol. The summed E-state index contributed by atoms with van der Waals surface area (Å²) in [7, 11) is 3.27. The number of nitrogens with one attached hydrogen (secondary N) is 1. The van der Waals surface area contributed by atoms with Crippen molar-refractivity contribution in [3.05, 3.63) is 48.4 Å². The standard InChI is InChI=1S/C14H16N2O3/c1-16(10-11-6-5-9-19-11)14(17)15-12-7-3-4-8-13(12)18-2/h3-9H,10H2,1-2H3,(H,15,17). The lowest BCUT2D eigenvalue weighted by atomic mass is 10.3. The first-order valence-corrected chi connectivity index (χ1v) is 5.88. The Labute approximate surface area is 111 Å². The summed E-state index contributed by atoms with van der Waals surface area (Å²) in [6, 6.07) is 10.7. The maximum absolute atomic E-state index is 12.0. The predicted molar refractivity (Wildman–Crippen MR) is 72.2 cm³/mol. The van der Waals surface area contributed by atoms with Crippen molar-refractivity contribution in [2.75, 3.05) is 19.5 Å². The average molecular weight is 260 g/mol. The van der Waals surface area contributed by atoms with E-state index < -0.39 is 0 Å². The number of benzene rings is 1. The van der Waals surface area contributed by atoms with Gasteiger partial charge in [-0.05, 0) is 24.3 Å². The van der Waals surface area contributed by atoms with E-state index in [4.69, 9.17) is 9.15 Å². The van der Waals surface area contributed by atoms with Crippen molar-refractivity contribution in [2.24, 2.45) is 0 Å². The fourth-order valence-electron chi connectivity index (χ4n) is 1.67. The van der Waals surface area contributed by atoms with Crippen LogP contribution in [0.5, 0.6) is 5.75 Å². The number of urea groups is 1. The molecule has 1 aromatic heterocycles. The molecule has 100 valence electrons. The number of hydrogen-bond donors (Lipinski definition) is 1. The van der Waals surface area contributed by atoms with Gasteiger partial charge in [-0.2, -0.15) is 0 Å². The van der Waals surface area contributed by atoms with E-state index >= 15 is 0 Å². The van der Waals surface area contributed by atoms with Gasteiger partial charge in [0.15, 0.2) is 0 Å². The minimum atomic E-state index is -0.221. The van der Waals surface area contributed by atoms with Crippen LogP contribution >= 0.6 is 0 Å². The normalized spacial score (nSPS) is 10.0. The molecule has 0 aliphatic rings. The number of ether oxygens (including phenoxy) is 1. The second-order valence-corrected chi connectivity index (χ2v) is 4.07. The number of hydrogen-bond acceptors (Lipinski definition) is 3. The Morgan fingerprint density at radius 1 is 1.32 bits per heavy atom. The van der Waals surface area contributed by atoms with Crippen LogP contribution in [0, 0.1) is 0 Å². The Morgan fingerprint density at radius 3 is 2.79 bits per heavy atom. The average Bonchev–Trinajstić information content (AvgIpc) is 2.92. The zero-order chi connectivity index (χ0) is 13.7. The van der Waals surface area contributed by atoms with Crippen molar-refractivity contribution in [2.45, 2.75) is 6.54 Å². The molecule has 0 radical (unpaired) electrons. The summed E-state index contributed by atoms with van der Waals surface area (Å²) >= 11 is 0. The van der Waals surface area contributed by atoms with Crippen LogP contribution < -0.4 is 10.1 Å². The van der Waals surface area contributed by atoms with Gasteiger partial charge >= 0.3 is 6.03 Å². The molecule has 1 aromatic carbocycles. The number of para-hydroxylation sites is 2. The summed E-state index contributed by atoms with van der Waals surface area (Å²) in [4.78, 5) is 13.6. The first kappa shape index (κ1) is 13.0. The zero-order valence-electron chi connectivity index (χ0n) is 10.9. The molecule has 0 aliphatic carbocycles. The summed E-state index contributed by atoms with van der Waals surface area (Å²) in [5.74, 6) is 1.36. The first-order valence-electron chi connectivity index (χ1n) is 5.88. The van der Waals surface area contributed by atoms with E-state index in [0.29, 0.717) is 18.0 Å². The molecule has 0 saturated heterocycles. The molecule has 0 saturated carbocycles. The van der Waals surface area contributed by atoms with Gasteiger partial charge in [-0.1, -0.05) is 12.1 Å². The smallest absolute Gasteiger partial charge is 0.322 e. The molecule has 0 aliphatic heterocycles. The molecule has 0 bridgehead atoms. The molecule has 1 heterocycles. The van der Waals surface area contributed by atoms with Gasteiger partial charge in [-0.15, -0.1) is 0 Å². The Balaban J connectivity index is 2.00. The minimum absolute atomic E-state index is 0.221. The van der Waals surface area contributed by atoms with Crippen LogP contribution in [0.4, 0.5) is 10.5 Å². The van der Waals surface area contributed by atoms with Gasteiger partial charge in [-0.3, -0.25) is 0 Å². The van der Waals surface area contributed by atoms with Gasteiger partial charge in [0.25, 0.3) is 0 Å². The molecule has 5 heteroatoms. The van der Waals surface area contributed by atoms with Gasteiger partial charge in [0.1, 0.15) is 11.5 Å². The third kappa shape index (κ3) is 3.28. The van der Waals surface area contributed by atoms with Gasteiger partial charge in [0.05, 0.1) is 25.6 Å². The number of furan rings is 1. The van der Waals surface area contributed by atoms with E-state index in [1.807, 2.05) is 18.2 Å². The van der Waals surface area contributed by atoms with Crippen molar-refractivity contribution in [3.63, 3.8) is 0 Å². The number of nitrogens with zero attached hydrogens (tertiary/aromatic N) is 1. The van der Waals surface area contributed by atoms with E-state index in [-0.39, 0.29) is 6.03 Å². The lowest BCUT2D eigenvalue weighted by Crippen LogP contribution is -2.30. The Kier molecular flexibility index (Phi) is 4.07.